The molecule has 19 heavy (non-hydrogen) atoms. The molecule has 1 N–H and O–H groups in total. The van der Waals surface area contributed by atoms with E-state index in [1.165, 1.54) is 6.07 Å². The molecule has 1 heterocycles. The third kappa shape index (κ3) is 2.52. The van der Waals surface area contributed by atoms with Crippen molar-refractivity contribution in [2.45, 2.75) is 27.7 Å². The average molecular weight is 261 g/mol. The van der Waals surface area contributed by atoms with Crippen molar-refractivity contribution in [2.24, 2.45) is 0 Å². The lowest BCUT2D eigenvalue weighted by atomic mass is 10.1. The van der Waals surface area contributed by atoms with Gasteiger partial charge in [0.2, 0.25) is 0 Å². The first-order valence-electron chi connectivity index (χ1n) is 6.04. The maximum Gasteiger partial charge on any atom is 0.259 e. The second-order valence-electron chi connectivity index (χ2n) is 4.65. The number of hydrogen-bond donors (Lipinski definition) is 1. The zero-order chi connectivity index (χ0) is 14.2. The highest BCUT2D eigenvalue weighted by Gasteiger charge is 2.19. The van der Waals surface area contributed by atoms with Crippen molar-refractivity contribution < 1.29 is 13.6 Å². The van der Waals surface area contributed by atoms with Gasteiger partial charge < -0.3 is 9.73 Å². The quantitative estimate of drug-likeness (QED) is 0.890. The van der Waals surface area contributed by atoms with Gasteiger partial charge in [0.25, 0.3) is 5.91 Å². The van der Waals surface area contributed by atoms with Crippen LogP contribution in [-0.2, 0) is 0 Å². The zero-order valence-corrected chi connectivity index (χ0v) is 11.4. The molecule has 0 aliphatic heterocycles. The van der Waals surface area contributed by atoms with Crippen molar-refractivity contribution in [1.29, 1.82) is 0 Å². The van der Waals surface area contributed by atoms with E-state index in [1.807, 2.05) is 13.8 Å². The van der Waals surface area contributed by atoms with Gasteiger partial charge in [-0.15, -0.1) is 0 Å². The second-order valence-corrected chi connectivity index (χ2v) is 4.65. The van der Waals surface area contributed by atoms with Crippen LogP contribution >= 0.6 is 0 Å². The number of carbonyl (C=O) groups is 1. The molecule has 0 aliphatic carbocycles. The van der Waals surface area contributed by atoms with Crippen LogP contribution in [0.4, 0.5) is 10.1 Å². The van der Waals surface area contributed by atoms with Crippen molar-refractivity contribution in [2.75, 3.05) is 5.32 Å². The van der Waals surface area contributed by atoms with E-state index in [0.717, 1.165) is 11.1 Å². The molecule has 0 aliphatic rings. The molecule has 2 aromatic rings. The standard InChI is InChI=1S/C15H16FNO2/c1-8-5-6-12(16)13(7-8)17-15(18)14-9(2)10(3)19-11(14)4/h5-7H,1-4H3,(H,17,18). The number of furan rings is 1. The van der Waals surface area contributed by atoms with E-state index >= 15 is 0 Å². The molecule has 0 saturated carbocycles. The summed E-state index contributed by atoms with van der Waals surface area (Å²) >= 11 is 0. The summed E-state index contributed by atoms with van der Waals surface area (Å²) in [5.74, 6) is 0.443. The van der Waals surface area contributed by atoms with Crippen molar-refractivity contribution in [3.8, 4) is 0 Å². The third-order valence-corrected chi connectivity index (χ3v) is 3.16. The Morgan fingerprint density at radius 1 is 1.16 bits per heavy atom. The van der Waals surface area contributed by atoms with Crippen molar-refractivity contribution in [1.82, 2.24) is 0 Å². The van der Waals surface area contributed by atoms with E-state index in [4.69, 9.17) is 4.42 Å². The fourth-order valence-corrected chi connectivity index (χ4v) is 2.05. The summed E-state index contributed by atoms with van der Waals surface area (Å²) in [5.41, 5.74) is 2.32. The van der Waals surface area contributed by atoms with Crippen molar-refractivity contribution >= 4 is 11.6 Å². The molecule has 1 amide bonds. The summed E-state index contributed by atoms with van der Waals surface area (Å²) in [4.78, 5) is 12.2. The van der Waals surface area contributed by atoms with E-state index in [9.17, 15) is 9.18 Å². The molecule has 0 saturated heterocycles. The van der Waals surface area contributed by atoms with Crippen LogP contribution in [0.3, 0.4) is 0 Å². The van der Waals surface area contributed by atoms with Crippen molar-refractivity contribution in [3.05, 3.63) is 52.2 Å². The summed E-state index contributed by atoms with van der Waals surface area (Å²) in [6.45, 7) is 7.18. The SMILES string of the molecule is Cc1ccc(F)c(NC(=O)c2c(C)oc(C)c2C)c1. The predicted molar refractivity (Wildman–Crippen MR) is 72.0 cm³/mol. The molecule has 3 nitrogen and oxygen atoms in total. The molecule has 0 atom stereocenters. The summed E-state index contributed by atoms with van der Waals surface area (Å²) < 4.78 is 19.0. The largest absolute Gasteiger partial charge is 0.466 e. The zero-order valence-electron chi connectivity index (χ0n) is 11.4. The fraction of sp³-hybridized carbons (Fsp3) is 0.267. The predicted octanol–water partition coefficient (Wildman–Crippen LogP) is 3.90. The molecule has 0 bridgehead atoms. The Labute approximate surface area is 111 Å². The lowest BCUT2D eigenvalue weighted by Gasteiger charge is -2.07. The van der Waals surface area contributed by atoms with Gasteiger partial charge in [-0.1, -0.05) is 6.07 Å². The van der Waals surface area contributed by atoms with Gasteiger partial charge in [-0.3, -0.25) is 4.79 Å². The van der Waals surface area contributed by atoms with E-state index in [0.29, 0.717) is 17.1 Å². The Morgan fingerprint density at radius 3 is 2.42 bits per heavy atom. The normalized spacial score (nSPS) is 10.6. The summed E-state index contributed by atoms with van der Waals surface area (Å²) in [7, 11) is 0. The first-order valence-corrected chi connectivity index (χ1v) is 6.04. The van der Waals surface area contributed by atoms with Crippen molar-refractivity contribution in [3.63, 3.8) is 0 Å². The van der Waals surface area contributed by atoms with Gasteiger partial charge in [0.15, 0.2) is 0 Å². The highest BCUT2D eigenvalue weighted by Crippen LogP contribution is 2.23. The number of benzene rings is 1. The highest BCUT2D eigenvalue weighted by atomic mass is 19.1. The number of halogens is 1. The van der Waals surface area contributed by atoms with E-state index in [1.54, 1.807) is 26.0 Å². The van der Waals surface area contributed by atoms with Crippen LogP contribution in [0.15, 0.2) is 22.6 Å². The Morgan fingerprint density at radius 2 is 1.84 bits per heavy atom. The molecular weight excluding hydrogens is 245 g/mol. The minimum atomic E-state index is -0.450. The van der Waals surface area contributed by atoms with Crippen LogP contribution in [0.1, 0.15) is 33.0 Å². The number of carbonyl (C=O) groups excluding carboxylic acids is 1. The molecular formula is C15H16FNO2. The minimum Gasteiger partial charge on any atom is -0.466 e. The van der Waals surface area contributed by atoms with Gasteiger partial charge >= 0.3 is 0 Å². The van der Waals surface area contributed by atoms with Gasteiger partial charge in [0.1, 0.15) is 17.3 Å². The summed E-state index contributed by atoms with van der Waals surface area (Å²) in [6, 6.07) is 4.60. The van der Waals surface area contributed by atoms with Crippen LogP contribution in [0.5, 0.6) is 0 Å². The molecule has 0 fully saturated rings. The van der Waals surface area contributed by atoms with E-state index in [-0.39, 0.29) is 11.6 Å². The Balaban J connectivity index is 2.33. The molecule has 0 radical (unpaired) electrons. The van der Waals surface area contributed by atoms with Crippen LogP contribution in [0.2, 0.25) is 0 Å². The smallest absolute Gasteiger partial charge is 0.259 e. The van der Waals surface area contributed by atoms with Crippen LogP contribution in [0, 0.1) is 33.5 Å². The van der Waals surface area contributed by atoms with Crippen LogP contribution in [-0.4, -0.2) is 5.91 Å². The second kappa shape index (κ2) is 4.88. The lowest BCUT2D eigenvalue weighted by molar-refractivity contribution is 0.102. The van der Waals surface area contributed by atoms with Gasteiger partial charge in [-0.25, -0.2) is 4.39 Å². The number of nitrogens with one attached hydrogen (secondary N) is 1. The summed E-state index contributed by atoms with van der Waals surface area (Å²) in [6.07, 6.45) is 0. The molecule has 2 rings (SSSR count). The first kappa shape index (κ1) is 13.3. The molecule has 0 unspecified atom stereocenters. The van der Waals surface area contributed by atoms with Gasteiger partial charge in [-0.05, 0) is 45.4 Å². The Bertz CT molecular complexity index is 644. The molecule has 1 aromatic carbocycles. The van der Waals surface area contributed by atoms with Crippen LogP contribution < -0.4 is 5.32 Å². The lowest BCUT2D eigenvalue weighted by Crippen LogP contribution is -2.14. The number of anilines is 1. The number of aryl methyl sites for hydroxylation is 3. The Kier molecular flexibility index (Phi) is 3.42. The molecule has 100 valence electrons. The van der Waals surface area contributed by atoms with Crippen LogP contribution in [0.25, 0.3) is 0 Å². The number of hydrogen-bond acceptors (Lipinski definition) is 2. The number of rotatable bonds is 2. The highest BCUT2D eigenvalue weighted by molar-refractivity contribution is 6.06. The van der Waals surface area contributed by atoms with E-state index in [2.05, 4.69) is 5.32 Å². The summed E-state index contributed by atoms with van der Waals surface area (Å²) in [5, 5.41) is 2.59. The minimum absolute atomic E-state index is 0.183. The van der Waals surface area contributed by atoms with Gasteiger partial charge in [-0.2, -0.15) is 0 Å². The monoisotopic (exact) mass is 261 g/mol. The fourth-order valence-electron chi connectivity index (χ4n) is 2.05. The van der Waals surface area contributed by atoms with Gasteiger partial charge in [0.05, 0.1) is 11.3 Å². The van der Waals surface area contributed by atoms with Gasteiger partial charge in [0, 0.05) is 5.56 Å². The first-order chi connectivity index (χ1) is 8.90. The number of amides is 1. The maximum atomic E-state index is 13.6. The Hall–Kier alpha value is -2.10. The maximum absolute atomic E-state index is 13.6. The molecule has 4 heteroatoms. The van der Waals surface area contributed by atoms with E-state index < -0.39 is 5.82 Å². The molecule has 1 aromatic heterocycles. The third-order valence-electron chi connectivity index (χ3n) is 3.16. The average Bonchev–Trinajstić information content (AvgIpc) is 2.58. The topological polar surface area (TPSA) is 42.2 Å². The molecule has 0 spiro atoms.